The minimum Gasteiger partial charge on any atom is -0.493 e. The highest BCUT2D eigenvalue weighted by Gasteiger charge is 2.26. The van der Waals surface area contributed by atoms with Gasteiger partial charge in [0, 0.05) is 12.5 Å². The predicted octanol–water partition coefficient (Wildman–Crippen LogP) is 3.31. The molecule has 0 saturated carbocycles. The van der Waals surface area contributed by atoms with Crippen molar-refractivity contribution in [1.82, 2.24) is 0 Å². The summed E-state index contributed by atoms with van der Waals surface area (Å²) < 4.78 is 46.4. The number of halogens is 3. The van der Waals surface area contributed by atoms with E-state index in [1.54, 1.807) is 19.2 Å². The van der Waals surface area contributed by atoms with Gasteiger partial charge in [-0.25, -0.2) is 0 Å². The molecule has 0 aliphatic rings. The summed E-state index contributed by atoms with van der Waals surface area (Å²) in [7, 11) is 3.07. The minimum atomic E-state index is -4.11. The third-order valence-corrected chi connectivity index (χ3v) is 2.98. The molecule has 3 nitrogen and oxygen atoms in total. The summed E-state index contributed by atoms with van der Waals surface area (Å²) in [5.74, 6) is 1.20. The maximum Gasteiger partial charge on any atom is 0.389 e. The molecule has 1 rings (SSSR count). The summed E-state index contributed by atoms with van der Waals surface area (Å²) in [6, 6.07) is 5.10. The highest BCUT2D eigenvalue weighted by Crippen LogP contribution is 2.28. The topological polar surface area (TPSA) is 44.5 Å². The molecule has 0 bridgehead atoms. The van der Waals surface area contributed by atoms with Crippen LogP contribution in [0.25, 0.3) is 0 Å². The predicted molar refractivity (Wildman–Crippen MR) is 71.1 cm³/mol. The molecular weight excluding hydrogens is 271 g/mol. The van der Waals surface area contributed by atoms with Crippen LogP contribution in [0.1, 0.15) is 24.8 Å². The molecule has 0 spiro atoms. The smallest absolute Gasteiger partial charge is 0.389 e. The van der Waals surface area contributed by atoms with Gasteiger partial charge in [0.1, 0.15) is 0 Å². The van der Waals surface area contributed by atoms with E-state index in [-0.39, 0.29) is 12.5 Å². The lowest BCUT2D eigenvalue weighted by Crippen LogP contribution is -2.23. The van der Waals surface area contributed by atoms with Gasteiger partial charge in [-0.15, -0.1) is 0 Å². The first-order chi connectivity index (χ1) is 9.35. The summed E-state index contributed by atoms with van der Waals surface area (Å²) in [4.78, 5) is 0. The van der Waals surface area contributed by atoms with E-state index < -0.39 is 12.6 Å². The number of ether oxygens (including phenoxy) is 2. The van der Waals surface area contributed by atoms with Gasteiger partial charge >= 0.3 is 6.18 Å². The fourth-order valence-electron chi connectivity index (χ4n) is 1.98. The summed E-state index contributed by atoms with van der Waals surface area (Å²) >= 11 is 0. The molecule has 0 heterocycles. The van der Waals surface area contributed by atoms with Crippen molar-refractivity contribution >= 4 is 0 Å². The first-order valence-electron chi connectivity index (χ1n) is 6.39. The lowest BCUT2D eigenvalue weighted by molar-refractivity contribution is -0.135. The second-order valence-electron chi connectivity index (χ2n) is 4.66. The summed E-state index contributed by atoms with van der Waals surface area (Å²) in [6.45, 7) is 0. The van der Waals surface area contributed by atoms with Crippen molar-refractivity contribution in [3.63, 3.8) is 0 Å². The van der Waals surface area contributed by atoms with Crippen LogP contribution in [-0.2, 0) is 6.42 Å². The van der Waals surface area contributed by atoms with Gasteiger partial charge in [0.2, 0.25) is 0 Å². The van der Waals surface area contributed by atoms with Crippen molar-refractivity contribution in [2.75, 3.05) is 14.2 Å². The van der Waals surface area contributed by atoms with Crippen molar-refractivity contribution in [3.05, 3.63) is 23.8 Å². The quantitative estimate of drug-likeness (QED) is 0.838. The average Bonchev–Trinajstić information content (AvgIpc) is 2.37. The Balaban J connectivity index is 2.51. The molecule has 0 aliphatic carbocycles. The van der Waals surface area contributed by atoms with Gasteiger partial charge in [-0.3, -0.25) is 0 Å². The summed E-state index contributed by atoms with van der Waals surface area (Å²) in [6.07, 6.45) is -3.99. The van der Waals surface area contributed by atoms with Crippen LogP contribution in [-0.4, -0.2) is 26.4 Å². The molecule has 0 amide bonds. The number of methoxy groups -OCH3 is 2. The third-order valence-electron chi connectivity index (χ3n) is 2.98. The Morgan fingerprint density at radius 2 is 1.80 bits per heavy atom. The van der Waals surface area contributed by atoms with Crippen molar-refractivity contribution < 1.29 is 22.6 Å². The fraction of sp³-hybridized carbons (Fsp3) is 0.571. The van der Waals surface area contributed by atoms with Gasteiger partial charge in [-0.2, -0.15) is 13.2 Å². The first-order valence-corrected chi connectivity index (χ1v) is 6.39. The highest BCUT2D eigenvalue weighted by molar-refractivity contribution is 5.43. The van der Waals surface area contributed by atoms with Crippen molar-refractivity contribution in [3.8, 4) is 11.5 Å². The third kappa shape index (κ3) is 5.69. The van der Waals surface area contributed by atoms with Crippen LogP contribution in [0, 0.1) is 0 Å². The Hall–Kier alpha value is -1.43. The summed E-state index contributed by atoms with van der Waals surface area (Å²) in [5.41, 5.74) is 6.78. The zero-order valence-corrected chi connectivity index (χ0v) is 11.7. The van der Waals surface area contributed by atoms with Gasteiger partial charge in [0.05, 0.1) is 14.2 Å². The van der Waals surface area contributed by atoms with Crippen LogP contribution in [0.2, 0.25) is 0 Å². The molecule has 2 N–H and O–H groups in total. The van der Waals surface area contributed by atoms with Gasteiger partial charge in [-0.1, -0.05) is 6.07 Å². The van der Waals surface area contributed by atoms with Crippen LogP contribution in [0.4, 0.5) is 13.2 Å². The molecule has 0 saturated heterocycles. The van der Waals surface area contributed by atoms with Gasteiger partial charge in [-0.05, 0) is 37.0 Å². The van der Waals surface area contributed by atoms with E-state index in [2.05, 4.69) is 0 Å². The largest absolute Gasteiger partial charge is 0.493 e. The molecule has 1 aromatic carbocycles. The molecule has 0 fully saturated rings. The standard InChI is InChI=1S/C14H20F3NO2/c1-19-12-6-5-10(9-13(12)20-2)8-11(18)4-3-7-14(15,16)17/h5-6,9,11H,3-4,7-8,18H2,1-2H3. The number of nitrogens with two attached hydrogens (primary N) is 1. The van der Waals surface area contributed by atoms with Gasteiger partial charge < -0.3 is 15.2 Å². The zero-order chi connectivity index (χ0) is 15.2. The van der Waals surface area contributed by atoms with E-state index >= 15 is 0 Å². The van der Waals surface area contributed by atoms with E-state index in [0.29, 0.717) is 24.3 Å². The Morgan fingerprint density at radius 3 is 2.35 bits per heavy atom. The van der Waals surface area contributed by atoms with E-state index in [9.17, 15) is 13.2 Å². The number of rotatable bonds is 7. The Bertz CT molecular complexity index is 421. The second-order valence-corrected chi connectivity index (χ2v) is 4.66. The average molecular weight is 291 g/mol. The Morgan fingerprint density at radius 1 is 1.15 bits per heavy atom. The normalized spacial score (nSPS) is 13.1. The van der Waals surface area contributed by atoms with Crippen molar-refractivity contribution in [2.45, 2.75) is 37.9 Å². The molecule has 1 aromatic rings. The van der Waals surface area contributed by atoms with Crippen molar-refractivity contribution in [2.24, 2.45) is 5.73 Å². The minimum absolute atomic E-state index is 0.0535. The molecular formula is C14H20F3NO2. The van der Waals surface area contributed by atoms with Crippen LogP contribution in [0.5, 0.6) is 11.5 Å². The first kappa shape index (κ1) is 16.6. The monoisotopic (exact) mass is 291 g/mol. The van der Waals surface area contributed by atoms with Crippen LogP contribution in [0.15, 0.2) is 18.2 Å². The number of alkyl halides is 3. The molecule has 1 atom stereocenters. The molecule has 114 valence electrons. The highest BCUT2D eigenvalue weighted by atomic mass is 19.4. The van der Waals surface area contributed by atoms with Crippen molar-refractivity contribution in [1.29, 1.82) is 0 Å². The molecule has 1 unspecified atom stereocenters. The Labute approximate surface area is 116 Å². The SMILES string of the molecule is COc1ccc(CC(N)CCCC(F)(F)F)cc1OC. The van der Waals surface area contributed by atoms with Crippen LogP contribution in [0.3, 0.4) is 0 Å². The zero-order valence-electron chi connectivity index (χ0n) is 11.7. The maximum absolute atomic E-state index is 12.0. The lowest BCUT2D eigenvalue weighted by Gasteiger charge is -2.14. The second kappa shape index (κ2) is 7.38. The van der Waals surface area contributed by atoms with Crippen LogP contribution >= 0.6 is 0 Å². The van der Waals surface area contributed by atoms with E-state index in [0.717, 1.165) is 5.56 Å². The van der Waals surface area contributed by atoms with Crippen LogP contribution < -0.4 is 15.2 Å². The number of hydrogen-bond acceptors (Lipinski definition) is 3. The van der Waals surface area contributed by atoms with E-state index in [1.165, 1.54) is 7.11 Å². The molecule has 0 aromatic heterocycles. The number of benzene rings is 1. The molecule has 0 aliphatic heterocycles. The molecule has 20 heavy (non-hydrogen) atoms. The maximum atomic E-state index is 12.0. The Kier molecular flexibility index (Phi) is 6.13. The van der Waals surface area contributed by atoms with Gasteiger partial charge in [0.15, 0.2) is 11.5 Å². The molecule has 0 radical (unpaired) electrons. The van der Waals surface area contributed by atoms with E-state index in [1.807, 2.05) is 6.07 Å². The van der Waals surface area contributed by atoms with Gasteiger partial charge in [0.25, 0.3) is 0 Å². The number of hydrogen-bond donors (Lipinski definition) is 1. The molecule has 6 heteroatoms. The lowest BCUT2D eigenvalue weighted by atomic mass is 10.0. The summed E-state index contributed by atoms with van der Waals surface area (Å²) in [5, 5.41) is 0. The van der Waals surface area contributed by atoms with E-state index in [4.69, 9.17) is 15.2 Å². The fourth-order valence-corrected chi connectivity index (χ4v) is 1.98.